The minimum Gasteiger partial charge on any atom is -0.386 e. The summed E-state index contributed by atoms with van der Waals surface area (Å²) in [4.78, 5) is 6.95. The Balaban J connectivity index is 1.50. The van der Waals surface area contributed by atoms with E-state index in [1.54, 1.807) is 18.2 Å². The highest BCUT2D eigenvalue weighted by Crippen LogP contribution is 2.17. The van der Waals surface area contributed by atoms with E-state index >= 15 is 0 Å². The molecule has 29 heavy (non-hydrogen) atoms. The molecule has 1 fully saturated rings. The lowest BCUT2D eigenvalue weighted by Gasteiger charge is -2.33. The number of halogens is 1. The smallest absolute Gasteiger partial charge is 0.191 e. The van der Waals surface area contributed by atoms with Crippen molar-refractivity contribution in [1.82, 2.24) is 15.5 Å². The lowest BCUT2D eigenvalue weighted by atomic mass is 10.0. The first-order chi connectivity index (χ1) is 14.2. The molecule has 0 aromatic heterocycles. The molecule has 6 heteroatoms. The van der Waals surface area contributed by atoms with Gasteiger partial charge in [0.25, 0.3) is 0 Å². The van der Waals surface area contributed by atoms with Crippen LogP contribution < -0.4 is 10.6 Å². The van der Waals surface area contributed by atoms with E-state index < -0.39 is 11.9 Å². The Morgan fingerprint density at radius 3 is 2.52 bits per heavy atom. The van der Waals surface area contributed by atoms with E-state index in [0.717, 1.165) is 39.0 Å². The molecule has 0 bridgehead atoms. The van der Waals surface area contributed by atoms with Gasteiger partial charge in [-0.3, -0.25) is 9.89 Å². The molecule has 2 aromatic rings. The summed E-state index contributed by atoms with van der Waals surface area (Å²) in [6.45, 7) is 5.90. The molecular weight excluding hydrogens is 367 g/mol. The zero-order valence-electron chi connectivity index (χ0n) is 17.0. The van der Waals surface area contributed by atoms with Gasteiger partial charge in [0.2, 0.25) is 0 Å². The monoisotopic (exact) mass is 398 g/mol. The minimum atomic E-state index is -0.959. The number of likely N-dealkylation sites (tertiary alicyclic amines) is 1. The maximum atomic E-state index is 13.8. The van der Waals surface area contributed by atoms with E-state index in [1.807, 2.05) is 13.0 Å². The number of piperidine rings is 1. The number of guanidine groups is 1. The van der Waals surface area contributed by atoms with Crippen LogP contribution in [0.2, 0.25) is 0 Å². The van der Waals surface area contributed by atoms with E-state index in [-0.39, 0.29) is 12.1 Å². The predicted octanol–water partition coefficient (Wildman–Crippen LogP) is 3.08. The molecule has 0 radical (unpaired) electrons. The first-order valence-electron chi connectivity index (χ1n) is 10.4. The van der Waals surface area contributed by atoms with Gasteiger partial charge in [-0.05, 0) is 31.4 Å². The highest BCUT2D eigenvalue weighted by atomic mass is 19.1. The lowest BCUT2D eigenvalue weighted by Crippen LogP contribution is -2.48. The summed E-state index contributed by atoms with van der Waals surface area (Å²) >= 11 is 0. The van der Waals surface area contributed by atoms with Gasteiger partial charge in [-0.15, -0.1) is 0 Å². The Bertz CT molecular complexity index is 775. The van der Waals surface area contributed by atoms with Gasteiger partial charge in [0.15, 0.2) is 5.96 Å². The Morgan fingerprint density at radius 1 is 1.14 bits per heavy atom. The van der Waals surface area contributed by atoms with Crippen LogP contribution in [0, 0.1) is 5.82 Å². The molecule has 3 N–H and O–H groups in total. The summed E-state index contributed by atoms with van der Waals surface area (Å²) in [5.41, 5.74) is 1.62. The fraction of sp³-hybridized carbons (Fsp3) is 0.435. The second-order valence-electron chi connectivity index (χ2n) is 7.44. The molecule has 0 amide bonds. The average Bonchev–Trinajstić information content (AvgIpc) is 2.74. The van der Waals surface area contributed by atoms with E-state index in [0.29, 0.717) is 12.0 Å². The first kappa shape index (κ1) is 21.3. The van der Waals surface area contributed by atoms with E-state index in [4.69, 9.17) is 0 Å². The van der Waals surface area contributed by atoms with Crippen molar-refractivity contribution in [3.63, 3.8) is 0 Å². The van der Waals surface area contributed by atoms with Gasteiger partial charge >= 0.3 is 0 Å². The second kappa shape index (κ2) is 10.9. The van der Waals surface area contributed by atoms with Crippen LogP contribution in [0.3, 0.4) is 0 Å². The molecule has 2 aromatic carbocycles. The Hall–Kier alpha value is -2.44. The van der Waals surface area contributed by atoms with Crippen molar-refractivity contribution in [2.45, 2.75) is 38.5 Å². The van der Waals surface area contributed by atoms with Crippen molar-refractivity contribution in [3.8, 4) is 0 Å². The van der Waals surface area contributed by atoms with Gasteiger partial charge in [0.05, 0.1) is 6.54 Å². The van der Waals surface area contributed by atoms with Crippen molar-refractivity contribution >= 4 is 5.96 Å². The van der Waals surface area contributed by atoms with Gasteiger partial charge < -0.3 is 15.7 Å². The molecule has 1 aliphatic heterocycles. The maximum absolute atomic E-state index is 13.8. The molecule has 156 valence electrons. The van der Waals surface area contributed by atoms with Crippen LogP contribution in [0.4, 0.5) is 4.39 Å². The Labute approximate surface area is 172 Å². The molecule has 1 saturated heterocycles. The van der Waals surface area contributed by atoms with E-state index in [2.05, 4.69) is 44.8 Å². The molecule has 0 spiro atoms. The van der Waals surface area contributed by atoms with Crippen LogP contribution in [0.5, 0.6) is 0 Å². The standard InChI is InChI=1S/C23H31FN4O/c1-2-25-23(26-16-22(29)20-10-6-7-11-21(20)24)27-19-12-14-28(15-13-19)17-18-8-4-3-5-9-18/h3-11,19,22,29H,2,12-17H2,1H3,(H2,25,26,27). The van der Waals surface area contributed by atoms with Gasteiger partial charge in [0, 0.05) is 37.8 Å². The van der Waals surface area contributed by atoms with Crippen LogP contribution in [0.25, 0.3) is 0 Å². The van der Waals surface area contributed by atoms with Crippen molar-refractivity contribution in [1.29, 1.82) is 0 Å². The number of hydrogen-bond donors (Lipinski definition) is 3. The highest BCUT2D eigenvalue weighted by Gasteiger charge is 2.20. The van der Waals surface area contributed by atoms with Gasteiger partial charge in [0.1, 0.15) is 11.9 Å². The van der Waals surface area contributed by atoms with Crippen molar-refractivity contribution in [3.05, 3.63) is 71.5 Å². The summed E-state index contributed by atoms with van der Waals surface area (Å²) in [6.07, 6.45) is 1.11. The number of aliphatic hydroxyl groups is 1. The summed E-state index contributed by atoms with van der Waals surface area (Å²) in [7, 11) is 0. The Morgan fingerprint density at radius 2 is 1.83 bits per heavy atom. The normalized spacial score (nSPS) is 17.1. The fourth-order valence-electron chi connectivity index (χ4n) is 3.61. The molecule has 3 rings (SSSR count). The molecule has 1 aliphatic rings. The SMILES string of the molecule is CCNC(=NCC(O)c1ccccc1F)NC1CCN(Cc2ccccc2)CC1. The van der Waals surface area contributed by atoms with E-state index in [9.17, 15) is 9.50 Å². The highest BCUT2D eigenvalue weighted by molar-refractivity contribution is 5.80. The molecule has 1 unspecified atom stereocenters. The zero-order chi connectivity index (χ0) is 20.5. The molecule has 5 nitrogen and oxygen atoms in total. The molecule has 1 heterocycles. The average molecular weight is 399 g/mol. The number of aliphatic hydroxyl groups excluding tert-OH is 1. The van der Waals surface area contributed by atoms with Gasteiger partial charge in [-0.25, -0.2) is 4.39 Å². The minimum absolute atomic E-state index is 0.114. The van der Waals surface area contributed by atoms with Gasteiger partial charge in [-0.2, -0.15) is 0 Å². The quantitative estimate of drug-likeness (QED) is 0.496. The maximum Gasteiger partial charge on any atom is 0.191 e. The van der Waals surface area contributed by atoms with Crippen LogP contribution in [0.15, 0.2) is 59.6 Å². The third kappa shape index (κ3) is 6.54. The third-order valence-electron chi connectivity index (χ3n) is 5.21. The summed E-state index contributed by atoms with van der Waals surface area (Å²) in [6, 6.07) is 17.2. The zero-order valence-corrected chi connectivity index (χ0v) is 17.0. The second-order valence-corrected chi connectivity index (χ2v) is 7.44. The summed E-state index contributed by atoms with van der Waals surface area (Å²) in [5.74, 6) is 0.267. The van der Waals surface area contributed by atoms with Crippen molar-refractivity contribution in [2.24, 2.45) is 4.99 Å². The Kier molecular flexibility index (Phi) is 8.02. The van der Waals surface area contributed by atoms with Crippen LogP contribution in [0.1, 0.15) is 37.0 Å². The number of benzene rings is 2. The van der Waals surface area contributed by atoms with Gasteiger partial charge in [-0.1, -0.05) is 48.5 Å². The summed E-state index contributed by atoms with van der Waals surface area (Å²) < 4.78 is 13.8. The summed E-state index contributed by atoms with van der Waals surface area (Å²) in [5, 5.41) is 17.0. The fourth-order valence-corrected chi connectivity index (χ4v) is 3.61. The molecule has 1 atom stereocenters. The topological polar surface area (TPSA) is 59.9 Å². The number of nitrogens with zero attached hydrogens (tertiary/aromatic N) is 2. The molecule has 0 saturated carbocycles. The van der Waals surface area contributed by atoms with Crippen molar-refractivity contribution < 1.29 is 9.50 Å². The molecule has 0 aliphatic carbocycles. The number of aliphatic imine (C=N–C) groups is 1. The lowest BCUT2D eigenvalue weighted by molar-refractivity contribution is 0.181. The number of rotatable bonds is 7. The molecular formula is C23H31FN4O. The first-order valence-corrected chi connectivity index (χ1v) is 10.4. The van der Waals surface area contributed by atoms with Crippen LogP contribution in [-0.4, -0.2) is 48.2 Å². The van der Waals surface area contributed by atoms with Crippen LogP contribution >= 0.6 is 0 Å². The predicted molar refractivity (Wildman–Crippen MR) is 115 cm³/mol. The van der Waals surface area contributed by atoms with Crippen molar-refractivity contribution in [2.75, 3.05) is 26.2 Å². The van der Waals surface area contributed by atoms with E-state index in [1.165, 1.54) is 11.6 Å². The van der Waals surface area contributed by atoms with Crippen LogP contribution in [-0.2, 0) is 6.54 Å². The number of hydrogen-bond acceptors (Lipinski definition) is 3. The largest absolute Gasteiger partial charge is 0.386 e. The number of nitrogens with one attached hydrogen (secondary N) is 2. The third-order valence-corrected chi connectivity index (χ3v) is 5.21.